The third-order valence-corrected chi connectivity index (χ3v) is 6.43. The summed E-state index contributed by atoms with van der Waals surface area (Å²) in [6.07, 6.45) is 17.6. The van der Waals surface area contributed by atoms with Crippen molar-refractivity contribution in [3.63, 3.8) is 0 Å². The molecule has 26 heavy (non-hydrogen) atoms. The van der Waals surface area contributed by atoms with E-state index in [0.29, 0.717) is 24.7 Å². The fraction of sp³-hybridized carbons (Fsp3) is 0.818. The van der Waals surface area contributed by atoms with Crippen LogP contribution in [0.1, 0.15) is 89.9 Å². The number of carbonyl (C=O) groups is 2. The molecule has 1 heterocycles. The van der Waals surface area contributed by atoms with Gasteiger partial charge in [0.15, 0.2) is 0 Å². The van der Waals surface area contributed by atoms with Crippen molar-refractivity contribution in [2.45, 2.75) is 89.9 Å². The van der Waals surface area contributed by atoms with Crippen molar-refractivity contribution in [3.05, 3.63) is 11.8 Å². The second-order valence-electron chi connectivity index (χ2n) is 8.46. The van der Waals surface area contributed by atoms with E-state index in [2.05, 4.69) is 16.3 Å². The molecular formula is C22H36N2O2. The smallest absolute Gasteiger partial charge is 0.226 e. The number of piperidine rings is 1. The highest BCUT2D eigenvalue weighted by molar-refractivity contribution is 5.78. The molecule has 0 aromatic rings. The summed E-state index contributed by atoms with van der Waals surface area (Å²) in [5.74, 6) is 1.73. The van der Waals surface area contributed by atoms with Gasteiger partial charge in [-0.15, -0.1) is 0 Å². The SMILES string of the molecule is O=C(CCCCC(=O)N1CCCC2CCCC=C21)NCC1CCCCC1. The van der Waals surface area contributed by atoms with Crippen LogP contribution in [0.4, 0.5) is 0 Å². The molecule has 0 aromatic carbocycles. The lowest BCUT2D eigenvalue weighted by atomic mass is 9.85. The van der Waals surface area contributed by atoms with Gasteiger partial charge in [0.25, 0.3) is 0 Å². The van der Waals surface area contributed by atoms with Gasteiger partial charge in [0, 0.05) is 31.6 Å². The van der Waals surface area contributed by atoms with Crippen molar-refractivity contribution < 1.29 is 9.59 Å². The maximum atomic E-state index is 12.6. The standard InChI is InChI=1S/C22H36N2O2/c25-21(23-17-18-9-2-1-3-10-18)14-6-7-15-22(26)24-16-8-12-19-11-4-5-13-20(19)24/h13,18-19H,1-12,14-17H2,(H,23,25). The molecule has 2 aliphatic carbocycles. The molecule has 4 heteroatoms. The van der Waals surface area contributed by atoms with Crippen LogP contribution in [0.2, 0.25) is 0 Å². The van der Waals surface area contributed by atoms with Gasteiger partial charge in [-0.3, -0.25) is 9.59 Å². The molecule has 1 atom stereocenters. The summed E-state index contributed by atoms with van der Waals surface area (Å²) in [6, 6.07) is 0. The van der Waals surface area contributed by atoms with E-state index in [1.165, 1.54) is 57.1 Å². The van der Waals surface area contributed by atoms with Gasteiger partial charge in [-0.25, -0.2) is 0 Å². The van der Waals surface area contributed by atoms with Crippen molar-refractivity contribution in [1.82, 2.24) is 10.2 Å². The Kier molecular flexibility index (Phi) is 7.57. The summed E-state index contributed by atoms with van der Waals surface area (Å²) in [5.41, 5.74) is 1.30. The lowest BCUT2D eigenvalue weighted by Crippen LogP contribution is -2.38. The van der Waals surface area contributed by atoms with Gasteiger partial charge in [-0.1, -0.05) is 25.3 Å². The number of rotatable bonds is 7. The highest BCUT2D eigenvalue weighted by atomic mass is 16.2. The van der Waals surface area contributed by atoms with Crippen LogP contribution in [0.5, 0.6) is 0 Å². The lowest BCUT2D eigenvalue weighted by Gasteiger charge is -2.38. The largest absolute Gasteiger partial charge is 0.356 e. The quantitative estimate of drug-likeness (QED) is 0.677. The second-order valence-corrected chi connectivity index (χ2v) is 8.46. The number of likely N-dealkylation sites (tertiary alicyclic amines) is 1. The Morgan fingerprint density at radius 2 is 1.73 bits per heavy atom. The van der Waals surface area contributed by atoms with E-state index in [4.69, 9.17) is 0 Å². The number of hydrogen-bond acceptors (Lipinski definition) is 2. The minimum absolute atomic E-state index is 0.163. The molecule has 0 bridgehead atoms. The van der Waals surface area contributed by atoms with E-state index in [1.807, 2.05) is 0 Å². The first-order valence-electron chi connectivity index (χ1n) is 11.0. The number of hydrogen-bond donors (Lipinski definition) is 1. The van der Waals surface area contributed by atoms with Crippen LogP contribution in [0.3, 0.4) is 0 Å². The first kappa shape index (κ1) is 19.4. The summed E-state index contributed by atoms with van der Waals surface area (Å²) in [5, 5.41) is 3.10. The molecule has 1 saturated carbocycles. The van der Waals surface area contributed by atoms with Crippen LogP contribution in [0.15, 0.2) is 11.8 Å². The third kappa shape index (κ3) is 5.59. The Bertz CT molecular complexity index is 508. The molecule has 0 spiro atoms. The van der Waals surface area contributed by atoms with Crippen molar-refractivity contribution in [2.75, 3.05) is 13.1 Å². The maximum Gasteiger partial charge on any atom is 0.226 e. The molecular weight excluding hydrogens is 324 g/mol. The van der Waals surface area contributed by atoms with E-state index in [-0.39, 0.29) is 11.8 Å². The molecule has 1 unspecified atom stereocenters. The minimum Gasteiger partial charge on any atom is -0.356 e. The Labute approximate surface area is 158 Å². The Morgan fingerprint density at radius 1 is 0.962 bits per heavy atom. The Hall–Kier alpha value is -1.32. The summed E-state index contributed by atoms with van der Waals surface area (Å²) in [6.45, 7) is 1.74. The van der Waals surface area contributed by atoms with Crippen LogP contribution in [-0.2, 0) is 9.59 Å². The van der Waals surface area contributed by atoms with Crippen molar-refractivity contribution in [3.8, 4) is 0 Å². The van der Waals surface area contributed by atoms with Gasteiger partial charge in [0.2, 0.25) is 11.8 Å². The minimum atomic E-state index is 0.163. The summed E-state index contributed by atoms with van der Waals surface area (Å²) in [7, 11) is 0. The number of amides is 2. The highest BCUT2D eigenvalue weighted by Gasteiger charge is 2.29. The Balaban J connectivity index is 1.31. The van der Waals surface area contributed by atoms with E-state index < -0.39 is 0 Å². The normalized spacial score (nSPS) is 23.9. The molecule has 0 radical (unpaired) electrons. The zero-order chi connectivity index (χ0) is 18.2. The average molecular weight is 361 g/mol. The number of nitrogens with zero attached hydrogens (tertiary/aromatic N) is 1. The topological polar surface area (TPSA) is 49.4 Å². The van der Waals surface area contributed by atoms with Crippen LogP contribution < -0.4 is 5.32 Å². The summed E-state index contributed by atoms with van der Waals surface area (Å²) < 4.78 is 0. The summed E-state index contributed by atoms with van der Waals surface area (Å²) in [4.78, 5) is 26.7. The number of fused-ring (bicyclic) bond motifs is 1. The Morgan fingerprint density at radius 3 is 2.58 bits per heavy atom. The zero-order valence-corrected chi connectivity index (χ0v) is 16.3. The van der Waals surface area contributed by atoms with Crippen LogP contribution in [0, 0.1) is 11.8 Å². The van der Waals surface area contributed by atoms with Crippen molar-refractivity contribution in [2.24, 2.45) is 11.8 Å². The van der Waals surface area contributed by atoms with E-state index in [1.54, 1.807) is 0 Å². The molecule has 146 valence electrons. The number of nitrogens with one attached hydrogen (secondary N) is 1. The molecule has 1 aliphatic heterocycles. The van der Waals surface area contributed by atoms with E-state index >= 15 is 0 Å². The monoisotopic (exact) mass is 360 g/mol. The molecule has 0 aromatic heterocycles. The van der Waals surface area contributed by atoms with Gasteiger partial charge in [-0.05, 0) is 69.6 Å². The van der Waals surface area contributed by atoms with Crippen molar-refractivity contribution >= 4 is 11.8 Å². The van der Waals surface area contributed by atoms with Crippen LogP contribution >= 0.6 is 0 Å². The van der Waals surface area contributed by atoms with Gasteiger partial charge in [0.1, 0.15) is 0 Å². The predicted octanol–water partition coefficient (Wildman–Crippen LogP) is 4.55. The fourth-order valence-corrected chi connectivity index (χ4v) is 4.88. The zero-order valence-electron chi connectivity index (χ0n) is 16.3. The fourth-order valence-electron chi connectivity index (χ4n) is 4.88. The summed E-state index contributed by atoms with van der Waals surface area (Å²) >= 11 is 0. The van der Waals surface area contributed by atoms with E-state index in [0.717, 1.165) is 38.8 Å². The number of carbonyl (C=O) groups excluding carboxylic acids is 2. The predicted molar refractivity (Wildman–Crippen MR) is 104 cm³/mol. The van der Waals surface area contributed by atoms with Crippen LogP contribution in [-0.4, -0.2) is 29.8 Å². The van der Waals surface area contributed by atoms with Gasteiger partial charge < -0.3 is 10.2 Å². The average Bonchev–Trinajstić information content (AvgIpc) is 2.70. The van der Waals surface area contributed by atoms with E-state index in [9.17, 15) is 9.59 Å². The molecule has 3 aliphatic rings. The molecule has 1 saturated heterocycles. The molecule has 2 fully saturated rings. The number of unbranched alkanes of at least 4 members (excludes halogenated alkanes) is 1. The molecule has 1 N–H and O–H groups in total. The van der Waals surface area contributed by atoms with Gasteiger partial charge >= 0.3 is 0 Å². The third-order valence-electron chi connectivity index (χ3n) is 6.43. The first-order valence-corrected chi connectivity index (χ1v) is 11.0. The van der Waals surface area contributed by atoms with Gasteiger partial charge in [-0.2, -0.15) is 0 Å². The highest BCUT2D eigenvalue weighted by Crippen LogP contribution is 2.35. The second kappa shape index (κ2) is 10.1. The van der Waals surface area contributed by atoms with Crippen LogP contribution in [0.25, 0.3) is 0 Å². The molecule has 4 nitrogen and oxygen atoms in total. The number of allylic oxidation sites excluding steroid dienone is 2. The van der Waals surface area contributed by atoms with Gasteiger partial charge in [0.05, 0.1) is 0 Å². The molecule has 3 rings (SSSR count). The molecule has 2 amide bonds. The first-order chi connectivity index (χ1) is 12.7. The lowest BCUT2D eigenvalue weighted by molar-refractivity contribution is -0.131. The maximum absolute atomic E-state index is 12.6. The van der Waals surface area contributed by atoms with Crippen molar-refractivity contribution in [1.29, 1.82) is 0 Å².